The number of likely N-dealkylation sites (N-methyl/N-ethyl adjacent to an activating group) is 1. The normalized spacial score (nSPS) is 9.81. The first kappa shape index (κ1) is 12.0. The first-order valence-corrected chi connectivity index (χ1v) is 4.76. The molecule has 0 aliphatic heterocycles. The molecule has 0 spiro atoms. The van der Waals surface area contributed by atoms with E-state index in [0.29, 0.717) is 6.54 Å². The lowest BCUT2D eigenvalue weighted by Crippen LogP contribution is -2.34. The Labute approximate surface area is 91.5 Å². The quantitative estimate of drug-likeness (QED) is 0.733. The maximum atomic E-state index is 11.4. The Balaban J connectivity index is 3.06. The molecule has 0 saturated heterocycles. The summed E-state index contributed by atoms with van der Waals surface area (Å²) in [7, 11) is 0. The van der Waals surface area contributed by atoms with Gasteiger partial charge in [0.1, 0.15) is 12.2 Å². The van der Waals surface area contributed by atoms with Crippen molar-refractivity contribution < 1.29 is 14.7 Å². The van der Waals surface area contributed by atoms with Crippen LogP contribution in [0.5, 0.6) is 0 Å². The van der Waals surface area contributed by atoms with E-state index in [9.17, 15) is 14.4 Å². The third-order valence-corrected chi connectivity index (χ3v) is 1.94. The number of aromatic nitrogens is 1. The van der Waals surface area contributed by atoms with Crippen molar-refractivity contribution in [2.24, 2.45) is 0 Å². The summed E-state index contributed by atoms with van der Waals surface area (Å²) in [6.07, 6.45) is 0. The molecule has 1 aromatic rings. The van der Waals surface area contributed by atoms with E-state index in [1.807, 2.05) is 0 Å². The predicted molar refractivity (Wildman–Crippen MR) is 56.3 cm³/mol. The molecule has 0 aliphatic rings. The van der Waals surface area contributed by atoms with Crippen LogP contribution in [0.25, 0.3) is 0 Å². The monoisotopic (exact) mass is 224 g/mol. The number of amides is 1. The van der Waals surface area contributed by atoms with Crippen molar-refractivity contribution in [2.45, 2.75) is 13.5 Å². The summed E-state index contributed by atoms with van der Waals surface area (Å²) in [5, 5.41) is 11.3. The molecule has 6 nitrogen and oxygen atoms in total. The lowest BCUT2D eigenvalue weighted by atomic mass is 10.3. The number of nitrogens with zero attached hydrogens (tertiary/aromatic N) is 1. The average Bonchev–Trinajstić information content (AvgIpc) is 2.21. The molecule has 0 radical (unpaired) electrons. The Morgan fingerprint density at radius 3 is 2.69 bits per heavy atom. The molecule has 0 aromatic carbocycles. The van der Waals surface area contributed by atoms with E-state index in [1.54, 1.807) is 6.92 Å². The Morgan fingerprint density at radius 1 is 1.44 bits per heavy atom. The molecule has 0 atom stereocenters. The first-order valence-electron chi connectivity index (χ1n) is 4.76. The highest BCUT2D eigenvalue weighted by Gasteiger charge is 2.12. The largest absolute Gasteiger partial charge is 0.477 e. The Bertz CT molecular complexity index is 464. The van der Waals surface area contributed by atoms with Crippen LogP contribution in [0.15, 0.2) is 23.0 Å². The SMILES string of the molecule is CCNC(=O)Cn1c(C(=O)O)cccc1=O. The number of hydrogen-bond acceptors (Lipinski definition) is 3. The van der Waals surface area contributed by atoms with Gasteiger partial charge in [-0.3, -0.25) is 14.2 Å². The lowest BCUT2D eigenvalue weighted by molar-refractivity contribution is -0.121. The number of carboxylic acids is 1. The molecule has 2 N–H and O–H groups in total. The first-order chi connectivity index (χ1) is 7.56. The smallest absolute Gasteiger partial charge is 0.352 e. The van der Waals surface area contributed by atoms with Crippen LogP contribution in [0.2, 0.25) is 0 Å². The van der Waals surface area contributed by atoms with E-state index < -0.39 is 17.4 Å². The molecule has 0 bridgehead atoms. The molecule has 1 amide bonds. The summed E-state index contributed by atoms with van der Waals surface area (Å²) < 4.78 is 0.924. The minimum absolute atomic E-state index is 0.196. The average molecular weight is 224 g/mol. The van der Waals surface area contributed by atoms with Crippen molar-refractivity contribution in [3.8, 4) is 0 Å². The Kier molecular flexibility index (Phi) is 3.82. The summed E-state index contributed by atoms with van der Waals surface area (Å²) in [4.78, 5) is 33.5. The topological polar surface area (TPSA) is 88.4 Å². The van der Waals surface area contributed by atoms with Gasteiger partial charge in [0.2, 0.25) is 5.91 Å². The summed E-state index contributed by atoms with van der Waals surface area (Å²) in [6.45, 7) is 1.89. The molecule has 1 aromatic heterocycles. The van der Waals surface area contributed by atoms with Gasteiger partial charge >= 0.3 is 5.97 Å². The standard InChI is InChI=1S/C10H12N2O4/c1-2-11-8(13)6-12-7(10(15)16)4-3-5-9(12)14/h3-5H,2,6H2,1H3,(H,11,13)(H,15,16). The van der Waals surface area contributed by atoms with Crippen LogP contribution in [0.4, 0.5) is 0 Å². The predicted octanol–water partition coefficient (Wildman–Crippen LogP) is -0.317. The molecule has 0 unspecified atom stereocenters. The van der Waals surface area contributed by atoms with Gasteiger partial charge in [-0.05, 0) is 13.0 Å². The van der Waals surface area contributed by atoms with Gasteiger partial charge < -0.3 is 10.4 Å². The van der Waals surface area contributed by atoms with E-state index in [1.165, 1.54) is 18.2 Å². The summed E-state index contributed by atoms with van der Waals surface area (Å²) in [6, 6.07) is 3.84. The zero-order valence-electron chi connectivity index (χ0n) is 8.77. The summed E-state index contributed by atoms with van der Waals surface area (Å²) in [5.41, 5.74) is -0.704. The van der Waals surface area contributed by atoms with Gasteiger partial charge in [-0.25, -0.2) is 4.79 Å². The Hall–Kier alpha value is -2.11. The fourth-order valence-corrected chi connectivity index (χ4v) is 1.27. The van der Waals surface area contributed by atoms with E-state index in [0.717, 1.165) is 4.57 Å². The van der Waals surface area contributed by atoms with Gasteiger partial charge in [-0.15, -0.1) is 0 Å². The van der Waals surface area contributed by atoms with Gasteiger partial charge in [-0.2, -0.15) is 0 Å². The minimum Gasteiger partial charge on any atom is -0.477 e. The number of pyridine rings is 1. The number of hydrogen-bond donors (Lipinski definition) is 2. The van der Waals surface area contributed by atoms with Gasteiger partial charge in [0.05, 0.1) is 0 Å². The van der Waals surface area contributed by atoms with E-state index in [4.69, 9.17) is 5.11 Å². The second kappa shape index (κ2) is 5.11. The van der Waals surface area contributed by atoms with Crippen LogP contribution in [-0.4, -0.2) is 28.1 Å². The molecule has 86 valence electrons. The van der Waals surface area contributed by atoms with Crippen LogP contribution < -0.4 is 10.9 Å². The molecular weight excluding hydrogens is 212 g/mol. The third-order valence-electron chi connectivity index (χ3n) is 1.94. The van der Waals surface area contributed by atoms with Gasteiger partial charge in [-0.1, -0.05) is 6.07 Å². The molecule has 1 rings (SSSR count). The van der Waals surface area contributed by atoms with E-state index in [-0.39, 0.29) is 12.2 Å². The Morgan fingerprint density at radius 2 is 2.12 bits per heavy atom. The third kappa shape index (κ3) is 2.69. The van der Waals surface area contributed by atoms with Gasteiger partial charge in [0, 0.05) is 12.6 Å². The number of rotatable bonds is 4. The number of carboxylic acid groups (broad SMARTS) is 1. The highest BCUT2D eigenvalue weighted by molar-refractivity contribution is 5.86. The molecule has 0 saturated carbocycles. The number of carbonyl (C=O) groups is 2. The number of nitrogens with one attached hydrogen (secondary N) is 1. The highest BCUT2D eigenvalue weighted by atomic mass is 16.4. The molecule has 0 aliphatic carbocycles. The van der Waals surface area contributed by atoms with E-state index in [2.05, 4.69) is 5.32 Å². The van der Waals surface area contributed by atoms with Gasteiger partial charge in [0.25, 0.3) is 5.56 Å². The molecule has 0 fully saturated rings. The fourth-order valence-electron chi connectivity index (χ4n) is 1.27. The number of aromatic carboxylic acids is 1. The van der Waals surface area contributed by atoms with Crippen molar-refractivity contribution in [3.05, 3.63) is 34.2 Å². The summed E-state index contributed by atoms with van der Waals surface area (Å²) >= 11 is 0. The van der Waals surface area contributed by atoms with Crippen LogP contribution >= 0.6 is 0 Å². The maximum absolute atomic E-state index is 11.4. The highest BCUT2D eigenvalue weighted by Crippen LogP contribution is 1.96. The van der Waals surface area contributed by atoms with Crippen molar-refractivity contribution in [1.82, 2.24) is 9.88 Å². The van der Waals surface area contributed by atoms with Crippen molar-refractivity contribution >= 4 is 11.9 Å². The molecule has 1 heterocycles. The lowest BCUT2D eigenvalue weighted by Gasteiger charge is -2.08. The van der Waals surface area contributed by atoms with Crippen molar-refractivity contribution in [1.29, 1.82) is 0 Å². The van der Waals surface area contributed by atoms with Crippen LogP contribution in [0.3, 0.4) is 0 Å². The zero-order valence-corrected chi connectivity index (χ0v) is 8.77. The summed E-state index contributed by atoms with van der Waals surface area (Å²) in [5.74, 6) is -1.62. The molecule has 6 heteroatoms. The van der Waals surface area contributed by atoms with Crippen molar-refractivity contribution in [3.63, 3.8) is 0 Å². The molecular formula is C10H12N2O4. The van der Waals surface area contributed by atoms with E-state index >= 15 is 0 Å². The zero-order chi connectivity index (χ0) is 12.1. The second-order valence-electron chi connectivity index (χ2n) is 3.09. The maximum Gasteiger partial charge on any atom is 0.352 e. The van der Waals surface area contributed by atoms with Crippen molar-refractivity contribution in [2.75, 3.05) is 6.54 Å². The molecule has 16 heavy (non-hydrogen) atoms. The van der Waals surface area contributed by atoms with Crippen LogP contribution in [0, 0.1) is 0 Å². The van der Waals surface area contributed by atoms with Crippen LogP contribution in [-0.2, 0) is 11.3 Å². The second-order valence-corrected chi connectivity index (χ2v) is 3.09. The van der Waals surface area contributed by atoms with Crippen LogP contribution in [0.1, 0.15) is 17.4 Å². The fraction of sp³-hybridized carbons (Fsp3) is 0.300. The van der Waals surface area contributed by atoms with Gasteiger partial charge in [0.15, 0.2) is 0 Å². The minimum atomic E-state index is -1.23. The number of carbonyl (C=O) groups excluding carboxylic acids is 1.